The van der Waals surface area contributed by atoms with Gasteiger partial charge in [0, 0.05) is 5.25 Å². The SMILES string of the molecule is C/C=C/OC(C)C1CCCCCCS1. The molecule has 0 saturated carbocycles. The van der Waals surface area contributed by atoms with Gasteiger partial charge in [-0.1, -0.05) is 25.3 Å². The minimum Gasteiger partial charge on any atom is -0.498 e. The molecular weight excluding hydrogens is 192 g/mol. The second-order valence-corrected chi connectivity index (χ2v) is 5.27. The molecule has 2 heteroatoms. The van der Waals surface area contributed by atoms with Crippen molar-refractivity contribution < 1.29 is 4.74 Å². The highest BCUT2D eigenvalue weighted by atomic mass is 32.2. The van der Waals surface area contributed by atoms with E-state index in [4.69, 9.17) is 4.74 Å². The molecule has 0 aromatic heterocycles. The van der Waals surface area contributed by atoms with Crippen molar-refractivity contribution in [1.82, 2.24) is 0 Å². The van der Waals surface area contributed by atoms with Crippen LogP contribution in [0.5, 0.6) is 0 Å². The molecule has 82 valence electrons. The standard InChI is InChI=1S/C12H22OS/c1-3-9-13-11(2)12-8-6-4-5-7-10-14-12/h3,9,11-12H,4-8,10H2,1-2H3/b9-3+. The highest BCUT2D eigenvalue weighted by Gasteiger charge is 2.18. The minimum atomic E-state index is 0.370. The molecule has 2 unspecified atom stereocenters. The maximum Gasteiger partial charge on any atom is 0.107 e. The summed E-state index contributed by atoms with van der Waals surface area (Å²) in [6.07, 6.45) is 11.1. The Morgan fingerprint density at radius 3 is 2.86 bits per heavy atom. The van der Waals surface area contributed by atoms with Crippen LogP contribution in [0.2, 0.25) is 0 Å². The predicted octanol–water partition coefficient (Wildman–Crippen LogP) is 3.99. The number of hydrogen-bond acceptors (Lipinski definition) is 2. The van der Waals surface area contributed by atoms with E-state index in [0.717, 1.165) is 0 Å². The zero-order chi connectivity index (χ0) is 10.2. The lowest BCUT2D eigenvalue weighted by molar-refractivity contribution is 0.154. The number of thioether (sulfide) groups is 1. The van der Waals surface area contributed by atoms with E-state index in [1.165, 1.54) is 37.9 Å². The summed E-state index contributed by atoms with van der Waals surface area (Å²) in [5.74, 6) is 1.31. The summed E-state index contributed by atoms with van der Waals surface area (Å²) >= 11 is 2.10. The van der Waals surface area contributed by atoms with Crippen molar-refractivity contribution in [3.63, 3.8) is 0 Å². The first-order valence-electron chi connectivity index (χ1n) is 5.73. The second-order valence-electron chi connectivity index (χ2n) is 3.92. The fourth-order valence-electron chi connectivity index (χ4n) is 1.78. The molecule has 0 N–H and O–H groups in total. The quantitative estimate of drug-likeness (QED) is 0.657. The van der Waals surface area contributed by atoms with E-state index in [-0.39, 0.29) is 0 Å². The number of hydrogen-bond donors (Lipinski definition) is 0. The van der Waals surface area contributed by atoms with Crippen LogP contribution in [0.4, 0.5) is 0 Å². The maximum absolute atomic E-state index is 5.63. The van der Waals surface area contributed by atoms with Crippen LogP contribution in [0, 0.1) is 0 Å². The molecule has 0 spiro atoms. The average molecular weight is 214 g/mol. The van der Waals surface area contributed by atoms with Crippen molar-refractivity contribution in [1.29, 1.82) is 0 Å². The Labute approximate surface area is 92.3 Å². The molecule has 14 heavy (non-hydrogen) atoms. The Balaban J connectivity index is 2.30. The van der Waals surface area contributed by atoms with Gasteiger partial charge in [0.2, 0.25) is 0 Å². The molecule has 1 saturated heterocycles. The van der Waals surface area contributed by atoms with Crippen LogP contribution in [0.1, 0.15) is 46.0 Å². The predicted molar refractivity (Wildman–Crippen MR) is 64.7 cm³/mol. The Hall–Kier alpha value is -0.110. The van der Waals surface area contributed by atoms with Gasteiger partial charge in [-0.3, -0.25) is 0 Å². The van der Waals surface area contributed by atoms with Gasteiger partial charge in [-0.05, 0) is 32.4 Å². The fourth-order valence-corrected chi connectivity index (χ4v) is 3.12. The third-order valence-electron chi connectivity index (χ3n) is 2.67. The molecule has 0 amide bonds. The van der Waals surface area contributed by atoms with Crippen LogP contribution in [0.25, 0.3) is 0 Å². The molecular formula is C12H22OS. The maximum atomic E-state index is 5.63. The van der Waals surface area contributed by atoms with Gasteiger partial charge in [0.15, 0.2) is 0 Å². The van der Waals surface area contributed by atoms with Gasteiger partial charge in [0.05, 0.1) is 6.26 Å². The molecule has 1 nitrogen and oxygen atoms in total. The summed E-state index contributed by atoms with van der Waals surface area (Å²) in [4.78, 5) is 0. The van der Waals surface area contributed by atoms with Gasteiger partial charge in [0.1, 0.15) is 6.10 Å². The number of ether oxygens (including phenoxy) is 1. The lowest BCUT2D eigenvalue weighted by Crippen LogP contribution is -2.22. The van der Waals surface area contributed by atoms with Crippen LogP contribution in [-0.4, -0.2) is 17.1 Å². The van der Waals surface area contributed by atoms with Crippen LogP contribution >= 0.6 is 11.8 Å². The molecule has 0 aromatic rings. The van der Waals surface area contributed by atoms with E-state index >= 15 is 0 Å². The highest BCUT2D eigenvalue weighted by molar-refractivity contribution is 7.99. The van der Waals surface area contributed by atoms with Gasteiger partial charge >= 0.3 is 0 Å². The summed E-state index contributed by atoms with van der Waals surface area (Å²) < 4.78 is 5.63. The van der Waals surface area contributed by atoms with E-state index in [0.29, 0.717) is 11.4 Å². The summed E-state index contributed by atoms with van der Waals surface area (Å²) in [6.45, 7) is 4.19. The lowest BCUT2D eigenvalue weighted by Gasteiger charge is -2.24. The van der Waals surface area contributed by atoms with E-state index in [1.54, 1.807) is 0 Å². The molecule has 0 radical (unpaired) electrons. The first kappa shape index (κ1) is 12.0. The normalized spacial score (nSPS) is 26.9. The molecule has 0 bridgehead atoms. The van der Waals surface area contributed by atoms with Crippen LogP contribution in [-0.2, 0) is 4.74 Å². The second kappa shape index (κ2) is 7.22. The van der Waals surface area contributed by atoms with E-state index in [9.17, 15) is 0 Å². The average Bonchev–Trinajstić information content (AvgIpc) is 2.13. The minimum absolute atomic E-state index is 0.370. The molecule has 1 rings (SSSR count). The van der Waals surface area contributed by atoms with Gasteiger partial charge < -0.3 is 4.74 Å². The first-order valence-corrected chi connectivity index (χ1v) is 6.77. The smallest absolute Gasteiger partial charge is 0.107 e. The Morgan fingerprint density at radius 1 is 1.29 bits per heavy atom. The van der Waals surface area contributed by atoms with E-state index in [2.05, 4.69) is 18.7 Å². The van der Waals surface area contributed by atoms with Crippen molar-refractivity contribution >= 4 is 11.8 Å². The third-order valence-corrected chi connectivity index (χ3v) is 4.24. The summed E-state index contributed by atoms with van der Waals surface area (Å²) in [5.41, 5.74) is 0. The van der Waals surface area contributed by atoms with E-state index in [1.807, 2.05) is 19.3 Å². The van der Waals surface area contributed by atoms with Crippen molar-refractivity contribution in [3.05, 3.63) is 12.3 Å². The van der Waals surface area contributed by atoms with Gasteiger partial charge in [0.25, 0.3) is 0 Å². The van der Waals surface area contributed by atoms with Crippen molar-refractivity contribution in [2.45, 2.75) is 57.3 Å². The highest BCUT2D eigenvalue weighted by Crippen LogP contribution is 2.27. The topological polar surface area (TPSA) is 9.23 Å². The Kier molecular flexibility index (Phi) is 6.17. The monoisotopic (exact) mass is 214 g/mol. The van der Waals surface area contributed by atoms with Crippen molar-refractivity contribution in [2.24, 2.45) is 0 Å². The summed E-state index contributed by atoms with van der Waals surface area (Å²) in [6, 6.07) is 0. The molecule has 1 heterocycles. The van der Waals surface area contributed by atoms with E-state index < -0.39 is 0 Å². The van der Waals surface area contributed by atoms with Crippen LogP contribution in [0.15, 0.2) is 12.3 Å². The lowest BCUT2D eigenvalue weighted by atomic mass is 10.1. The van der Waals surface area contributed by atoms with Gasteiger partial charge in [-0.25, -0.2) is 0 Å². The third kappa shape index (κ3) is 4.41. The number of allylic oxidation sites excluding steroid dienone is 1. The molecule has 1 fully saturated rings. The molecule has 0 aliphatic carbocycles. The number of rotatable bonds is 3. The largest absolute Gasteiger partial charge is 0.498 e. The molecule has 1 aliphatic rings. The molecule has 0 aromatic carbocycles. The van der Waals surface area contributed by atoms with Crippen LogP contribution in [0.3, 0.4) is 0 Å². The van der Waals surface area contributed by atoms with Crippen LogP contribution < -0.4 is 0 Å². The summed E-state index contributed by atoms with van der Waals surface area (Å²) in [5, 5.41) is 0.700. The first-order chi connectivity index (χ1) is 6.84. The summed E-state index contributed by atoms with van der Waals surface area (Å²) in [7, 11) is 0. The zero-order valence-electron chi connectivity index (χ0n) is 9.37. The van der Waals surface area contributed by atoms with Crippen molar-refractivity contribution in [3.8, 4) is 0 Å². The molecule has 2 atom stereocenters. The molecule has 1 aliphatic heterocycles. The Morgan fingerprint density at radius 2 is 2.07 bits per heavy atom. The zero-order valence-corrected chi connectivity index (χ0v) is 10.2. The van der Waals surface area contributed by atoms with Crippen molar-refractivity contribution in [2.75, 3.05) is 5.75 Å². The fraction of sp³-hybridized carbons (Fsp3) is 0.833. The van der Waals surface area contributed by atoms with Gasteiger partial charge in [-0.2, -0.15) is 11.8 Å². The van der Waals surface area contributed by atoms with Gasteiger partial charge in [-0.15, -0.1) is 0 Å². The Bertz CT molecular complexity index is 160.